The summed E-state index contributed by atoms with van der Waals surface area (Å²) in [5.41, 5.74) is 2.51. The van der Waals surface area contributed by atoms with Crippen LogP contribution >= 0.6 is 0 Å². The van der Waals surface area contributed by atoms with E-state index in [4.69, 9.17) is 10.6 Å². The number of morpholine rings is 1. The molecule has 0 radical (unpaired) electrons. The van der Waals surface area contributed by atoms with Crippen molar-refractivity contribution in [1.82, 2.24) is 5.01 Å². The molecule has 1 aliphatic heterocycles. The van der Waals surface area contributed by atoms with Gasteiger partial charge in [0, 0.05) is 6.54 Å². The first kappa shape index (κ1) is 9.65. The first-order chi connectivity index (χ1) is 6.77. The van der Waals surface area contributed by atoms with Crippen LogP contribution in [-0.4, -0.2) is 24.8 Å². The van der Waals surface area contributed by atoms with Crippen LogP contribution in [0.2, 0.25) is 0 Å². The first-order valence-corrected chi connectivity index (χ1v) is 4.93. The van der Waals surface area contributed by atoms with Crippen LogP contribution in [0.4, 0.5) is 0 Å². The number of hydrogen-bond donors (Lipinski definition) is 1. The molecule has 14 heavy (non-hydrogen) atoms. The second kappa shape index (κ2) is 4.09. The second-order valence-corrected chi connectivity index (χ2v) is 3.74. The van der Waals surface area contributed by atoms with E-state index in [0.29, 0.717) is 6.61 Å². The maximum atomic E-state index is 5.91. The minimum Gasteiger partial charge on any atom is -0.378 e. The predicted molar refractivity (Wildman–Crippen MR) is 55.6 cm³/mol. The number of nitrogens with zero attached hydrogens (tertiary/aromatic N) is 1. The summed E-state index contributed by atoms with van der Waals surface area (Å²) in [7, 11) is 0. The van der Waals surface area contributed by atoms with Crippen molar-refractivity contribution in [2.75, 3.05) is 19.8 Å². The molecule has 0 aromatic heterocycles. The molecule has 1 fully saturated rings. The Hall–Kier alpha value is -0.900. The van der Waals surface area contributed by atoms with Gasteiger partial charge in [-0.05, 0) is 12.5 Å². The van der Waals surface area contributed by atoms with Crippen molar-refractivity contribution < 1.29 is 4.74 Å². The lowest BCUT2D eigenvalue weighted by Gasteiger charge is -2.32. The molecule has 0 amide bonds. The maximum Gasteiger partial charge on any atom is 0.0725 e. The van der Waals surface area contributed by atoms with Gasteiger partial charge in [0.05, 0.1) is 19.3 Å². The Kier molecular flexibility index (Phi) is 2.82. The summed E-state index contributed by atoms with van der Waals surface area (Å²) in [5.74, 6) is 5.91. The molecule has 76 valence electrons. The summed E-state index contributed by atoms with van der Waals surface area (Å²) in [4.78, 5) is 0. The lowest BCUT2D eigenvalue weighted by molar-refractivity contribution is -0.00896. The van der Waals surface area contributed by atoms with Crippen molar-refractivity contribution in [3.63, 3.8) is 0 Å². The number of hydrazine groups is 1. The van der Waals surface area contributed by atoms with Crippen LogP contribution in [-0.2, 0) is 4.74 Å². The highest BCUT2D eigenvalue weighted by Gasteiger charge is 2.21. The monoisotopic (exact) mass is 192 g/mol. The summed E-state index contributed by atoms with van der Waals surface area (Å²) < 4.78 is 5.43. The molecule has 1 aromatic rings. The number of rotatable bonds is 1. The standard InChI is InChI=1S/C11H16N2O/c1-9-3-2-4-10(7-9)11-8-14-6-5-13(11)12/h2-4,7,11H,5-6,8,12H2,1H3. The van der Waals surface area contributed by atoms with E-state index in [9.17, 15) is 0 Å². The Morgan fingerprint density at radius 1 is 1.50 bits per heavy atom. The molecular weight excluding hydrogens is 176 g/mol. The van der Waals surface area contributed by atoms with Crippen LogP contribution in [0.15, 0.2) is 24.3 Å². The molecule has 1 atom stereocenters. The number of nitrogens with two attached hydrogens (primary N) is 1. The molecule has 2 rings (SSSR count). The van der Waals surface area contributed by atoms with E-state index < -0.39 is 0 Å². The van der Waals surface area contributed by atoms with Gasteiger partial charge in [0.2, 0.25) is 0 Å². The highest BCUT2D eigenvalue weighted by molar-refractivity contribution is 5.25. The Morgan fingerprint density at radius 3 is 3.07 bits per heavy atom. The topological polar surface area (TPSA) is 38.5 Å². The quantitative estimate of drug-likeness (QED) is 0.680. The van der Waals surface area contributed by atoms with Crippen molar-refractivity contribution in [2.24, 2.45) is 5.84 Å². The molecule has 2 N–H and O–H groups in total. The second-order valence-electron chi connectivity index (χ2n) is 3.74. The van der Waals surface area contributed by atoms with Crippen molar-refractivity contribution in [2.45, 2.75) is 13.0 Å². The van der Waals surface area contributed by atoms with Gasteiger partial charge in [-0.25, -0.2) is 5.01 Å². The lowest BCUT2D eigenvalue weighted by Crippen LogP contribution is -2.44. The van der Waals surface area contributed by atoms with Gasteiger partial charge in [-0.2, -0.15) is 0 Å². The molecular formula is C11H16N2O. The van der Waals surface area contributed by atoms with Gasteiger partial charge in [0.15, 0.2) is 0 Å². The van der Waals surface area contributed by atoms with Gasteiger partial charge in [0.1, 0.15) is 0 Å². The third-order valence-corrected chi connectivity index (χ3v) is 2.60. The fourth-order valence-electron chi connectivity index (χ4n) is 1.78. The fourth-order valence-corrected chi connectivity index (χ4v) is 1.78. The molecule has 1 aromatic carbocycles. The van der Waals surface area contributed by atoms with Gasteiger partial charge in [-0.1, -0.05) is 29.8 Å². The molecule has 1 unspecified atom stereocenters. The third-order valence-electron chi connectivity index (χ3n) is 2.60. The van der Waals surface area contributed by atoms with Crippen LogP contribution in [0.1, 0.15) is 17.2 Å². The van der Waals surface area contributed by atoms with Gasteiger partial charge in [-0.15, -0.1) is 0 Å². The molecule has 3 nitrogen and oxygen atoms in total. The number of aryl methyl sites for hydroxylation is 1. The smallest absolute Gasteiger partial charge is 0.0725 e. The average molecular weight is 192 g/mol. The van der Waals surface area contributed by atoms with E-state index in [1.807, 2.05) is 5.01 Å². The molecule has 0 aliphatic carbocycles. The van der Waals surface area contributed by atoms with E-state index in [-0.39, 0.29) is 6.04 Å². The fraction of sp³-hybridized carbons (Fsp3) is 0.455. The van der Waals surface area contributed by atoms with Crippen LogP contribution in [0.5, 0.6) is 0 Å². The van der Waals surface area contributed by atoms with Crippen molar-refractivity contribution >= 4 is 0 Å². The minimum absolute atomic E-state index is 0.212. The van der Waals surface area contributed by atoms with Crippen LogP contribution in [0.3, 0.4) is 0 Å². The summed E-state index contributed by atoms with van der Waals surface area (Å²) in [6.45, 7) is 4.32. The lowest BCUT2D eigenvalue weighted by atomic mass is 10.0. The maximum absolute atomic E-state index is 5.91. The number of hydrogen-bond acceptors (Lipinski definition) is 3. The van der Waals surface area contributed by atoms with Gasteiger partial charge >= 0.3 is 0 Å². The predicted octanol–water partition coefficient (Wildman–Crippen LogP) is 1.24. The highest BCUT2D eigenvalue weighted by Crippen LogP contribution is 2.21. The number of benzene rings is 1. The summed E-state index contributed by atoms with van der Waals surface area (Å²) in [6, 6.07) is 8.63. The Balaban J connectivity index is 2.20. The van der Waals surface area contributed by atoms with Crippen LogP contribution in [0, 0.1) is 6.92 Å². The zero-order valence-corrected chi connectivity index (χ0v) is 8.44. The average Bonchev–Trinajstić information content (AvgIpc) is 2.18. The molecule has 0 spiro atoms. The number of ether oxygens (including phenoxy) is 1. The summed E-state index contributed by atoms with van der Waals surface area (Å²) in [5, 5.41) is 1.86. The Morgan fingerprint density at radius 2 is 2.36 bits per heavy atom. The minimum atomic E-state index is 0.212. The Labute approximate surface area is 84.4 Å². The highest BCUT2D eigenvalue weighted by atomic mass is 16.5. The zero-order valence-electron chi connectivity index (χ0n) is 8.44. The van der Waals surface area contributed by atoms with Gasteiger partial charge < -0.3 is 4.74 Å². The van der Waals surface area contributed by atoms with Gasteiger partial charge in [-0.3, -0.25) is 5.84 Å². The zero-order chi connectivity index (χ0) is 9.97. The van der Waals surface area contributed by atoms with Gasteiger partial charge in [0.25, 0.3) is 0 Å². The normalized spacial score (nSPS) is 23.7. The largest absolute Gasteiger partial charge is 0.378 e. The van der Waals surface area contributed by atoms with Crippen LogP contribution in [0.25, 0.3) is 0 Å². The third kappa shape index (κ3) is 1.95. The molecule has 0 saturated carbocycles. The molecule has 1 saturated heterocycles. The van der Waals surface area contributed by atoms with E-state index in [0.717, 1.165) is 13.2 Å². The molecule has 1 aliphatic rings. The SMILES string of the molecule is Cc1cccc(C2COCCN2N)c1. The van der Waals surface area contributed by atoms with Crippen molar-refractivity contribution in [3.05, 3.63) is 35.4 Å². The molecule has 0 bridgehead atoms. The summed E-state index contributed by atoms with van der Waals surface area (Å²) >= 11 is 0. The molecule has 3 heteroatoms. The van der Waals surface area contributed by atoms with E-state index in [2.05, 4.69) is 31.2 Å². The Bertz CT molecular complexity index is 314. The van der Waals surface area contributed by atoms with Crippen molar-refractivity contribution in [1.29, 1.82) is 0 Å². The van der Waals surface area contributed by atoms with E-state index >= 15 is 0 Å². The summed E-state index contributed by atoms with van der Waals surface area (Å²) in [6.07, 6.45) is 0. The van der Waals surface area contributed by atoms with E-state index in [1.54, 1.807) is 0 Å². The van der Waals surface area contributed by atoms with Crippen LogP contribution < -0.4 is 5.84 Å². The van der Waals surface area contributed by atoms with Crippen molar-refractivity contribution in [3.8, 4) is 0 Å². The van der Waals surface area contributed by atoms with E-state index in [1.165, 1.54) is 11.1 Å². The molecule has 1 heterocycles. The first-order valence-electron chi connectivity index (χ1n) is 4.93.